The van der Waals surface area contributed by atoms with Gasteiger partial charge in [-0.2, -0.15) is 0 Å². The zero-order chi connectivity index (χ0) is 25.0. The number of hydroxylamine groups is 1. The average molecular weight is 492 g/mol. The van der Waals surface area contributed by atoms with E-state index in [-0.39, 0.29) is 23.7 Å². The van der Waals surface area contributed by atoms with E-state index in [9.17, 15) is 14.4 Å². The van der Waals surface area contributed by atoms with E-state index in [1.807, 2.05) is 11.9 Å². The lowest BCUT2D eigenvalue weighted by Gasteiger charge is -2.45. The second-order valence-corrected chi connectivity index (χ2v) is 11.3. The molecule has 7 nitrogen and oxygen atoms in total. The lowest BCUT2D eigenvalue weighted by molar-refractivity contribution is -0.144. The molecule has 3 aliphatic rings. The van der Waals surface area contributed by atoms with Crippen molar-refractivity contribution in [1.29, 1.82) is 0 Å². The minimum atomic E-state index is -0.338. The van der Waals surface area contributed by atoms with Crippen molar-refractivity contribution < 1.29 is 19.6 Å². The lowest BCUT2D eigenvalue weighted by Crippen LogP contribution is -2.52. The molecule has 7 heteroatoms. The van der Waals surface area contributed by atoms with Crippen LogP contribution in [0.2, 0.25) is 0 Å². The van der Waals surface area contributed by atoms with Crippen LogP contribution in [-0.2, 0) is 14.4 Å². The highest BCUT2D eigenvalue weighted by Crippen LogP contribution is 2.36. The van der Waals surface area contributed by atoms with Crippen molar-refractivity contribution in [1.82, 2.24) is 15.3 Å². The van der Waals surface area contributed by atoms with Crippen molar-refractivity contribution in [3.05, 3.63) is 0 Å². The van der Waals surface area contributed by atoms with Crippen molar-refractivity contribution in [2.75, 3.05) is 13.6 Å². The Balaban J connectivity index is 1.45. The van der Waals surface area contributed by atoms with E-state index in [4.69, 9.17) is 5.21 Å². The second kappa shape index (κ2) is 14.8. The van der Waals surface area contributed by atoms with Crippen LogP contribution in [0, 0.1) is 11.8 Å². The highest BCUT2D eigenvalue weighted by molar-refractivity contribution is 5.80. The number of nitrogens with zero attached hydrogens (tertiary/aromatic N) is 2. The summed E-state index contributed by atoms with van der Waals surface area (Å²) in [5, 5.41) is 8.53. The predicted octanol–water partition coefficient (Wildman–Crippen LogP) is 5.20. The van der Waals surface area contributed by atoms with Gasteiger partial charge in [-0.15, -0.1) is 0 Å². The SMILES string of the molecule is CN(CCCCCCC(=O)NO)C(=O)C1CCC(N(C(=O)C2CCCCC2)C2CCCCC2)CC1. The number of nitrogens with one attached hydrogen (secondary N) is 1. The number of carbonyl (C=O) groups excluding carboxylic acids is 3. The maximum Gasteiger partial charge on any atom is 0.243 e. The lowest BCUT2D eigenvalue weighted by atomic mass is 9.81. The van der Waals surface area contributed by atoms with E-state index in [2.05, 4.69) is 4.90 Å². The molecule has 0 heterocycles. The summed E-state index contributed by atoms with van der Waals surface area (Å²) in [6, 6.07) is 0.736. The summed E-state index contributed by atoms with van der Waals surface area (Å²) in [4.78, 5) is 42.0. The van der Waals surface area contributed by atoms with E-state index < -0.39 is 0 Å². The van der Waals surface area contributed by atoms with E-state index >= 15 is 0 Å². The molecular weight excluding hydrogens is 442 g/mol. The monoisotopic (exact) mass is 491 g/mol. The number of amides is 3. The third-order valence-corrected chi connectivity index (χ3v) is 8.76. The van der Waals surface area contributed by atoms with Gasteiger partial charge in [-0.3, -0.25) is 19.6 Å². The fourth-order valence-electron chi connectivity index (χ4n) is 6.64. The maximum absolute atomic E-state index is 13.7. The van der Waals surface area contributed by atoms with Gasteiger partial charge < -0.3 is 9.80 Å². The van der Waals surface area contributed by atoms with Gasteiger partial charge in [-0.05, 0) is 64.2 Å². The average Bonchev–Trinajstić information content (AvgIpc) is 2.91. The Labute approximate surface area is 212 Å². The number of rotatable bonds is 11. The Bertz CT molecular complexity index is 665. The van der Waals surface area contributed by atoms with Crippen LogP contribution >= 0.6 is 0 Å². The molecule has 3 saturated carbocycles. The Morgan fingerprint density at radius 2 is 1.23 bits per heavy atom. The Kier molecular flexibility index (Phi) is 11.8. The molecular formula is C28H49N3O4. The quantitative estimate of drug-likeness (QED) is 0.236. The van der Waals surface area contributed by atoms with Gasteiger partial charge in [0.1, 0.15) is 0 Å². The minimum absolute atomic E-state index is 0.0856. The molecule has 0 unspecified atom stereocenters. The van der Waals surface area contributed by atoms with Crippen molar-refractivity contribution in [3.63, 3.8) is 0 Å². The molecule has 3 fully saturated rings. The number of unbranched alkanes of at least 4 members (excludes halogenated alkanes) is 3. The van der Waals surface area contributed by atoms with Crippen LogP contribution in [-0.4, -0.2) is 58.4 Å². The van der Waals surface area contributed by atoms with Gasteiger partial charge in [0.05, 0.1) is 0 Å². The molecule has 0 aromatic carbocycles. The summed E-state index contributed by atoms with van der Waals surface area (Å²) in [7, 11) is 1.91. The summed E-state index contributed by atoms with van der Waals surface area (Å²) in [6.07, 6.45) is 19.5. The van der Waals surface area contributed by atoms with Crippen LogP contribution in [0.4, 0.5) is 0 Å². The minimum Gasteiger partial charge on any atom is -0.346 e. The molecule has 0 bridgehead atoms. The molecule has 3 aliphatic carbocycles. The Morgan fingerprint density at radius 1 is 0.686 bits per heavy atom. The first kappa shape index (κ1) is 27.9. The predicted molar refractivity (Wildman–Crippen MR) is 137 cm³/mol. The molecule has 0 atom stereocenters. The van der Waals surface area contributed by atoms with Crippen LogP contribution < -0.4 is 5.48 Å². The fourth-order valence-corrected chi connectivity index (χ4v) is 6.64. The molecule has 3 amide bonds. The van der Waals surface area contributed by atoms with E-state index in [0.717, 1.165) is 83.6 Å². The first-order chi connectivity index (χ1) is 17.0. The van der Waals surface area contributed by atoms with Crippen LogP contribution in [0.3, 0.4) is 0 Å². The summed E-state index contributed by atoms with van der Waals surface area (Å²) >= 11 is 0. The van der Waals surface area contributed by atoms with Gasteiger partial charge in [0.15, 0.2) is 0 Å². The maximum atomic E-state index is 13.7. The van der Waals surface area contributed by atoms with E-state index in [1.54, 1.807) is 5.48 Å². The van der Waals surface area contributed by atoms with E-state index in [0.29, 0.717) is 24.4 Å². The molecule has 200 valence electrons. The fraction of sp³-hybridized carbons (Fsp3) is 0.893. The molecule has 35 heavy (non-hydrogen) atoms. The van der Waals surface area contributed by atoms with Crippen molar-refractivity contribution in [2.24, 2.45) is 11.8 Å². The Morgan fingerprint density at radius 3 is 1.86 bits per heavy atom. The molecule has 0 radical (unpaired) electrons. The van der Waals surface area contributed by atoms with Gasteiger partial charge in [0, 0.05) is 43.9 Å². The molecule has 0 saturated heterocycles. The molecule has 0 aromatic rings. The summed E-state index contributed by atoms with van der Waals surface area (Å²) < 4.78 is 0. The van der Waals surface area contributed by atoms with Crippen molar-refractivity contribution in [3.8, 4) is 0 Å². The van der Waals surface area contributed by atoms with Gasteiger partial charge in [-0.25, -0.2) is 5.48 Å². The third-order valence-electron chi connectivity index (χ3n) is 8.76. The highest BCUT2D eigenvalue weighted by atomic mass is 16.5. The third kappa shape index (κ3) is 8.47. The molecule has 0 aromatic heterocycles. The number of carbonyl (C=O) groups is 3. The van der Waals surface area contributed by atoms with Crippen molar-refractivity contribution in [2.45, 2.75) is 134 Å². The molecule has 2 N–H and O–H groups in total. The standard InChI is InChI=1S/C28H49N3O4/c1-30(21-11-3-2-10-16-26(32)29-35)27(33)23-17-19-25(20-18-23)31(24-14-8-5-9-15-24)28(34)22-12-6-4-7-13-22/h22-25,35H,2-21H2,1H3,(H,29,32). The smallest absolute Gasteiger partial charge is 0.243 e. The van der Waals surface area contributed by atoms with E-state index in [1.165, 1.54) is 38.5 Å². The van der Waals surface area contributed by atoms with Crippen LogP contribution in [0.1, 0.15) is 122 Å². The number of hydrogen-bond acceptors (Lipinski definition) is 4. The second-order valence-electron chi connectivity index (χ2n) is 11.3. The summed E-state index contributed by atoms with van der Waals surface area (Å²) in [5.74, 6) is 0.665. The van der Waals surface area contributed by atoms with Gasteiger partial charge in [-0.1, -0.05) is 51.4 Å². The topological polar surface area (TPSA) is 90.0 Å². The van der Waals surface area contributed by atoms with Crippen LogP contribution in [0.25, 0.3) is 0 Å². The molecule has 0 aliphatic heterocycles. The molecule has 3 rings (SSSR count). The normalized spacial score (nSPS) is 24.1. The van der Waals surface area contributed by atoms with Crippen molar-refractivity contribution >= 4 is 17.7 Å². The summed E-state index contributed by atoms with van der Waals surface area (Å²) in [5.41, 5.74) is 1.66. The molecule has 0 spiro atoms. The van der Waals surface area contributed by atoms with Gasteiger partial charge in [0.25, 0.3) is 0 Å². The first-order valence-electron chi connectivity index (χ1n) is 14.5. The Hall–Kier alpha value is -1.63. The van der Waals surface area contributed by atoms with Crippen LogP contribution in [0.5, 0.6) is 0 Å². The number of hydrogen-bond donors (Lipinski definition) is 2. The van der Waals surface area contributed by atoms with Crippen LogP contribution in [0.15, 0.2) is 0 Å². The first-order valence-corrected chi connectivity index (χ1v) is 14.5. The van der Waals surface area contributed by atoms with Gasteiger partial charge in [0.2, 0.25) is 17.7 Å². The highest BCUT2D eigenvalue weighted by Gasteiger charge is 2.38. The summed E-state index contributed by atoms with van der Waals surface area (Å²) in [6.45, 7) is 0.749. The zero-order valence-corrected chi connectivity index (χ0v) is 22.0. The zero-order valence-electron chi connectivity index (χ0n) is 22.0. The van der Waals surface area contributed by atoms with Gasteiger partial charge >= 0.3 is 0 Å². The largest absolute Gasteiger partial charge is 0.346 e.